The van der Waals surface area contributed by atoms with Crippen molar-refractivity contribution in [1.82, 2.24) is 20.1 Å². The van der Waals surface area contributed by atoms with Crippen LogP contribution in [0.2, 0.25) is 0 Å². The average Bonchev–Trinajstić information content (AvgIpc) is 2.95. The molecule has 0 bridgehead atoms. The van der Waals surface area contributed by atoms with Crippen molar-refractivity contribution in [2.45, 2.75) is 59.2 Å². The number of aromatic nitrogens is 3. The van der Waals surface area contributed by atoms with Gasteiger partial charge in [0, 0.05) is 35.1 Å². The fourth-order valence-corrected chi connectivity index (χ4v) is 2.78. The maximum absolute atomic E-state index is 4.70. The molecule has 0 saturated heterocycles. The molecule has 0 aliphatic rings. The molecular formula is C15H24N4S. The first-order valence-electron chi connectivity index (χ1n) is 7.04. The third-order valence-electron chi connectivity index (χ3n) is 3.02. The fourth-order valence-electron chi connectivity index (χ4n) is 1.77. The molecule has 0 atom stereocenters. The summed E-state index contributed by atoms with van der Waals surface area (Å²) in [6, 6.07) is 0.492. The van der Waals surface area contributed by atoms with E-state index in [0.29, 0.717) is 6.04 Å². The first-order chi connectivity index (χ1) is 9.34. The van der Waals surface area contributed by atoms with E-state index in [4.69, 9.17) is 4.98 Å². The predicted molar refractivity (Wildman–Crippen MR) is 84.1 cm³/mol. The van der Waals surface area contributed by atoms with Gasteiger partial charge in [-0.15, -0.1) is 11.3 Å². The number of nitrogens with one attached hydrogen (secondary N) is 1. The molecule has 0 saturated carbocycles. The Kier molecular flexibility index (Phi) is 4.60. The molecule has 110 valence electrons. The summed E-state index contributed by atoms with van der Waals surface area (Å²) in [6.45, 7) is 12.5. The fraction of sp³-hybridized carbons (Fsp3) is 0.600. The van der Waals surface area contributed by atoms with Crippen LogP contribution in [0.4, 0.5) is 0 Å². The normalized spacial score (nSPS) is 12.3. The Morgan fingerprint density at radius 2 is 2.10 bits per heavy atom. The van der Waals surface area contributed by atoms with E-state index in [1.807, 2.05) is 10.9 Å². The number of hydrogen-bond donors (Lipinski definition) is 1. The third kappa shape index (κ3) is 4.15. The van der Waals surface area contributed by atoms with E-state index in [0.717, 1.165) is 23.8 Å². The van der Waals surface area contributed by atoms with Crippen LogP contribution >= 0.6 is 11.3 Å². The molecule has 0 aliphatic heterocycles. The van der Waals surface area contributed by atoms with Crippen LogP contribution in [0.1, 0.15) is 50.9 Å². The molecule has 20 heavy (non-hydrogen) atoms. The zero-order valence-corrected chi connectivity index (χ0v) is 13.8. The quantitative estimate of drug-likeness (QED) is 0.920. The van der Waals surface area contributed by atoms with E-state index < -0.39 is 0 Å². The molecule has 0 aromatic carbocycles. The molecule has 4 nitrogen and oxygen atoms in total. The van der Waals surface area contributed by atoms with Gasteiger partial charge in [0.15, 0.2) is 0 Å². The Morgan fingerprint density at radius 1 is 1.35 bits per heavy atom. The van der Waals surface area contributed by atoms with Crippen molar-refractivity contribution in [2.75, 3.05) is 0 Å². The Balaban J connectivity index is 1.98. The Bertz CT molecular complexity index is 548. The van der Waals surface area contributed by atoms with Gasteiger partial charge in [0.05, 0.1) is 18.4 Å². The maximum Gasteiger partial charge on any atom is 0.114 e. The van der Waals surface area contributed by atoms with Gasteiger partial charge in [0.1, 0.15) is 5.01 Å². The molecule has 2 aromatic rings. The second kappa shape index (κ2) is 6.06. The molecule has 0 aliphatic carbocycles. The molecule has 0 fully saturated rings. The van der Waals surface area contributed by atoms with Gasteiger partial charge in [0.25, 0.3) is 0 Å². The molecular weight excluding hydrogens is 268 g/mol. The van der Waals surface area contributed by atoms with Gasteiger partial charge < -0.3 is 5.32 Å². The molecule has 5 heteroatoms. The van der Waals surface area contributed by atoms with Gasteiger partial charge >= 0.3 is 0 Å². The molecule has 2 aromatic heterocycles. The summed E-state index contributed by atoms with van der Waals surface area (Å²) in [5.74, 6) is 0. The molecule has 1 N–H and O–H groups in total. The average molecular weight is 292 g/mol. The summed E-state index contributed by atoms with van der Waals surface area (Å²) >= 11 is 1.71. The molecule has 0 spiro atoms. The molecule has 0 radical (unpaired) electrons. The van der Waals surface area contributed by atoms with Crippen LogP contribution < -0.4 is 5.32 Å². The summed E-state index contributed by atoms with van der Waals surface area (Å²) < 4.78 is 1.96. The summed E-state index contributed by atoms with van der Waals surface area (Å²) in [7, 11) is 0. The van der Waals surface area contributed by atoms with Crippen LogP contribution in [0.15, 0.2) is 17.8 Å². The van der Waals surface area contributed by atoms with E-state index in [1.165, 1.54) is 5.56 Å². The van der Waals surface area contributed by atoms with Crippen LogP contribution in [0.3, 0.4) is 0 Å². The van der Waals surface area contributed by atoms with Crippen molar-refractivity contribution in [3.63, 3.8) is 0 Å². The lowest BCUT2D eigenvalue weighted by atomic mass is 9.93. The number of hydrogen-bond acceptors (Lipinski definition) is 4. The zero-order chi connectivity index (χ0) is 14.8. The standard InChI is InChI=1S/C15H24N4S/c1-11(2)16-6-12-7-17-19(8-12)9-14-18-13(10-20-14)15(3,4)5/h7-8,10-11,16H,6,9H2,1-5H3. The zero-order valence-electron chi connectivity index (χ0n) is 13.0. The smallest absolute Gasteiger partial charge is 0.114 e. The van der Waals surface area contributed by atoms with Gasteiger partial charge in [-0.25, -0.2) is 4.98 Å². The van der Waals surface area contributed by atoms with E-state index in [-0.39, 0.29) is 5.41 Å². The van der Waals surface area contributed by atoms with E-state index in [1.54, 1.807) is 11.3 Å². The highest BCUT2D eigenvalue weighted by Gasteiger charge is 2.17. The lowest BCUT2D eigenvalue weighted by Crippen LogP contribution is -2.21. The lowest BCUT2D eigenvalue weighted by molar-refractivity contribution is 0.567. The van der Waals surface area contributed by atoms with Gasteiger partial charge in [-0.3, -0.25) is 4.68 Å². The Morgan fingerprint density at radius 3 is 2.70 bits per heavy atom. The SMILES string of the molecule is CC(C)NCc1cnn(Cc2nc(C(C)(C)C)cs2)c1. The van der Waals surface area contributed by atoms with Gasteiger partial charge in [-0.1, -0.05) is 34.6 Å². The highest BCUT2D eigenvalue weighted by Crippen LogP contribution is 2.24. The third-order valence-corrected chi connectivity index (χ3v) is 3.85. The Hall–Kier alpha value is -1.20. The summed E-state index contributed by atoms with van der Waals surface area (Å²) in [5.41, 5.74) is 2.49. The van der Waals surface area contributed by atoms with E-state index >= 15 is 0 Å². The van der Waals surface area contributed by atoms with Crippen LogP contribution in [-0.4, -0.2) is 20.8 Å². The summed E-state index contributed by atoms with van der Waals surface area (Å²) in [4.78, 5) is 4.70. The number of nitrogens with zero attached hydrogens (tertiary/aromatic N) is 3. The second-order valence-electron chi connectivity index (χ2n) is 6.46. The highest BCUT2D eigenvalue weighted by molar-refractivity contribution is 7.09. The lowest BCUT2D eigenvalue weighted by Gasteiger charge is -2.14. The summed E-state index contributed by atoms with van der Waals surface area (Å²) in [5, 5.41) is 11.1. The molecule has 2 rings (SSSR count). The number of rotatable bonds is 5. The largest absolute Gasteiger partial charge is 0.310 e. The highest BCUT2D eigenvalue weighted by atomic mass is 32.1. The van der Waals surface area contributed by atoms with Crippen molar-refractivity contribution >= 4 is 11.3 Å². The number of thiazole rings is 1. The Labute approximate surface area is 125 Å². The minimum absolute atomic E-state index is 0.116. The maximum atomic E-state index is 4.70. The van der Waals surface area contributed by atoms with Crippen molar-refractivity contribution in [3.05, 3.63) is 34.0 Å². The van der Waals surface area contributed by atoms with Gasteiger partial charge in [-0.05, 0) is 0 Å². The first-order valence-corrected chi connectivity index (χ1v) is 7.92. The van der Waals surface area contributed by atoms with Gasteiger partial charge in [0.2, 0.25) is 0 Å². The van der Waals surface area contributed by atoms with E-state index in [9.17, 15) is 0 Å². The van der Waals surface area contributed by atoms with Crippen LogP contribution in [-0.2, 0) is 18.5 Å². The first kappa shape index (κ1) is 15.2. The van der Waals surface area contributed by atoms with Crippen molar-refractivity contribution in [2.24, 2.45) is 0 Å². The summed E-state index contributed by atoms with van der Waals surface area (Å²) in [6.07, 6.45) is 4.02. The van der Waals surface area contributed by atoms with Crippen molar-refractivity contribution < 1.29 is 0 Å². The molecule has 2 heterocycles. The van der Waals surface area contributed by atoms with Crippen molar-refractivity contribution in [1.29, 1.82) is 0 Å². The monoisotopic (exact) mass is 292 g/mol. The molecule has 0 unspecified atom stereocenters. The predicted octanol–water partition coefficient (Wildman–Crippen LogP) is 3.18. The van der Waals surface area contributed by atoms with E-state index in [2.05, 4.69) is 56.6 Å². The van der Waals surface area contributed by atoms with Crippen molar-refractivity contribution in [3.8, 4) is 0 Å². The second-order valence-corrected chi connectivity index (χ2v) is 7.40. The van der Waals surface area contributed by atoms with Gasteiger partial charge in [-0.2, -0.15) is 5.10 Å². The minimum Gasteiger partial charge on any atom is -0.310 e. The molecule has 0 amide bonds. The topological polar surface area (TPSA) is 42.7 Å². The van der Waals surface area contributed by atoms with Crippen LogP contribution in [0.5, 0.6) is 0 Å². The van der Waals surface area contributed by atoms with Crippen LogP contribution in [0, 0.1) is 0 Å². The minimum atomic E-state index is 0.116. The van der Waals surface area contributed by atoms with Crippen LogP contribution in [0.25, 0.3) is 0 Å².